The molecule has 0 bridgehead atoms. The largest absolute Gasteiger partial charge is 0.493 e. The first kappa shape index (κ1) is 19.0. The van der Waals surface area contributed by atoms with Crippen LogP contribution in [-0.2, 0) is 13.0 Å². The van der Waals surface area contributed by atoms with Gasteiger partial charge in [-0.3, -0.25) is 4.79 Å². The van der Waals surface area contributed by atoms with Gasteiger partial charge in [0.15, 0.2) is 11.5 Å². The molecular formula is C21H27N3O3. The second kappa shape index (κ2) is 8.29. The highest BCUT2D eigenvalue weighted by Gasteiger charge is 2.24. The second-order valence-electron chi connectivity index (χ2n) is 6.53. The number of carbonyl (C=O) groups is 1. The molecule has 0 N–H and O–H groups in total. The molecule has 0 fully saturated rings. The van der Waals surface area contributed by atoms with Gasteiger partial charge in [-0.05, 0) is 55.7 Å². The van der Waals surface area contributed by atoms with E-state index in [9.17, 15) is 4.79 Å². The maximum Gasteiger partial charge on any atom is 0.272 e. The average Bonchev–Trinajstić information content (AvgIpc) is 2.73. The number of amides is 1. The standard InChI is InChI=1S/C21H27N3O3/c1-5-23(6-2)17-7-8-18(22-13-17)21(25)24-10-9-15-11-19(26-3)20(27-4)12-16(15)14-24/h7-8,11-13H,5-6,9-10,14H2,1-4H3. The van der Waals surface area contributed by atoms with Crippen molar-refractivity contribution in [2.24, 2.45) is 0 Å². The molecule has 6 nitrogen and oxygen atoms in total. The van der Waals surface area contributed by atoms with E-state index in [4.69, 9.17) is 9.47 Å². The minimum absolute atomic E-state index is 0.0402. The van der Waals surface area contributed by atoms with Crippen molar-refractivity contribution in [1.82, 2.24) is 9.88 Å². The molecule has 3 rings (SSSR count). The highest BCUT2D eigenvalue weighted by Crippen LogP contribution is 2.33. The third-order valence-electron chi connectivity index (χ3n) is 5.10. The van der Waals surface area contributed by atoms with E-state index >= 15 is 0 Å². The second-order valence-corrected chi connectivity index (χ2v) is 6.53. The Kier molecular flexibility index (Phi) is 5.84. The summed E-state index contributed by atoms with van der Waals surface area (Å²) in [6, 6.07) is 7.76. The van der Waals surface area contributed by atoms with Crippen LogP contribution < -0.4 is 14.4 Å². The molecule has 1 amide bonds. The fraction of sp³-hybridized carbons (Fsp3) is 0.429. The summed E-state index contributed by atoms with van der Waals surface area (Å²) in [6.07, 6.45) is 2.57. The Morgan fingerprint density at radius 2 is 1.78 bits per heavy atom. The summed E-state index contributed by atoms with van der Waals surface area (Å²) in [7, 11) is 3.26. The Bertz CT molecular complexity index is 801. The van der Waals surface area contributed by atoms with E-state index in [1.54, 1.807) is 20.4 Å². The van der Waals surface area contributed by atoms with Gasteiger partial charge in [0.05, 0.1) is 26.1 Å². The lowest BCUT2D eigenvalue weighted by atomic mass is 9.98. The third-order valence-corrected chi connectivity index (χ3v) is 5.10. The predicted octanol–water partition coefficient (Wildman–Crippen LogP) is 3.14. The zero-order valence-electron chi connectivity index (χ0n) is 16.5. The Morgan fingerprint density at radius 1 is 1.11 bits per heavy atom. The lowest BCUT2D eigenvalue weighted by molar-refractivity contribution is 0.0728. The molecule has 1 aromatic heterocycles. The fourth-order valence-electron chi connectivity index (χ4n) is 3.51. The summed E-state index contributed by atoms with van der Waals surface area (Å²) in [5.41, 5.74) is 3.81. The Morgan fingerprint density at radius 3 is 2.33 bits per heavy atom. The summed E-state index contributed by atoms with van der Waals surface area (Å²) < 4.78 is 10.8. The van der Waals surface area contributed by atoms with Crippen LogP contribution in [0, 0.1) is 0 Å². The molecule has 0 aliphatic carbocycles. The molecule has 1 aliphatic heterocycles. The number of benzene rings is 1. The maximum absolute atomic E-state index is 12.9. The van der Waals surface area contributed by atoms with Crippen molar-refractivity contribution in [2.75, 3.05) is 38.8 Å². The number of anilines is 1. The zero-order chi connectivity index (χ0) is 19.4. The molecule has 6 heteroatoms. The number of hydrogen-bond acceptors (Lipinski definition) is 5. The number of fused-ring (bicyclic) bond motifs is 1. The number of nitrogens with zero attached hydrogens (tertiary/aromatic N) is 3. The van der Waals surface area contributed by atoms with Gasteiger partial charge in [-0.25, -0.2) is 4.98 Å². The summed E-state index contributed by atoms with van der Waals surface area (Å²) in [6.45, 7) is 7.27. The Hall–Kier alpha value is -2.76. The molecule has 144 valence electrons. The number of aromatic nitrogens is 1. The first-order chi connectivity index (χ1) is 13.1. The minimum atomic E-state index is -0.0402. The minimum Gasteiger partial charge on any atom is -0.493 e. The SMILES string of the molecule is CCN(CC)c1ccc(C(=O)N2CCc3cc(OC)c(OC)cc3C2)nc1. The molecule has 1 aromatic carbocycles. The van der Waals surface area contributed by atoms with Crippen molar-refractivity contribution in [3.63, 3.8) is 0 Å². The molecule has 2 aromatic rings. The summed E-state index contributed by atoms with van der Waals surface area (Å²) in [5.74, 6) is 1.37. The Labute approximate surface area is 160 Å². The average molecular weight is 369 g/mol. The van der Waals surface area contributed by atoms with E-state index in [2.05, 4.69) is 23.7 Å². The van der Waals surface area contributed by atoms with E-state index in [1.807, 2.05) is 29.2 Å². The third kappa shape index (κ3) is 3.84. The lowest BCUT2D eigenvalue weighted by Crippen LogP contribution is -2.36. The first-order valence-electron chi connectivity index (χ1n) is 9.35. The highest BCUT2D eigenvalue weighted by atomic mass is 16.5. The number of rotatable bonds is 6. The van der Waals surface area contributed by atoms with Gasteiger partial charge in [-0.1, -0.05) is 0 Å². The lowest BCUT2D eigenvalue weighted by Gasteiger charge is -2.29. The van der Waals surface area contributed by atoms with Crippen LogP contribution in [0.3, 0.4) is 0 Å². The smallest absolute Gasteiger partial charge is 0.272 e. The normalized spacial score (nSPS) is 13.1. The van der Waals surface area contributed by atoms with Crippen LogP contribution in [0.4, 0.5) is 5.69 Å². The van der Waals surface area contributed by atoms with Gasteiger partial charge >= 0.3 is 0 Å². The Balaban J connectivity index is 1.77. The molecule has 2 heterocycles. The van der Waals surface area contributed by atoms with Gasteiger partial charge in [-0.15, -0.1) is 0 Å². The molecule has 0 radical (unpaired) electrons. The van der Waals surface area contributed by atoms with Crippen molar-refractivity contribution < 1.29 is 14.3 Å². The van der Waals surface area contributed by atoms with Gasteiger partial charge < -0.3 is 19.3 Å². The number of ether oxygens (including phenoxy) is 2. The topological polar surface area (TPSA) is 54.9 Å². The van der Waals surface area contributed by atoms with Crippen LogP contribution in [0.2, 0.25) is 0 Å². The summed E-state index contributed by atoms with van der Waals surface area (Å²) in [4.78, 5) is 21.4. The van der Waals surface area contributed by atoms with Crippen molar-refractivity contribution in [1.29, 1.82) is 0 Å². The molecule has 0 atom stereocenters. The summed E-state index contributed by atoms with van der Waals surface area (Å²) >= 11 is 0. The van der Waals surface area contributed by atoms with Gasteiger partial charge in [0.2, 0.25) is 0 Å². The quantitative estimate of drug-likeness (QED) is 0.783. The van der Waals surface area contributed by atoms with Crippen LogP contribution in [0.25, 0.3) is 0 Å². The molecule has 0 saturated heterocycles. The van der Waals surface area contributed by atoms with Crippen LogP contribution in [0.1, 0.15) is 35.5 Å². The van der Waals surface area contributed by atoms with Crippen molar-refractivity contribution in [3.05, 3.63) is 47.3 Å². The zero-order valence-corrected chi connectivity index (χ0v) is 16.5. The number of methoxy groups -OCH3 is 2. The molecule has 0 unspecified atom stereocenters. The first-order valence-corrected chi connectivity index (χ1v) is 9.35. The monoisotopic (exact) mass is 369 g/mol. The van der Waals surface area contributed by atoms with Gasteiger partial charge in [0.1, 0.15) is 5.69 Å². The van der Waals surface area contributed by atoms with Crippen molar-refractivity contribution >= 4 is 11.6 Å². The van der Waals surface area contributed by atoms with E-state index in [-0.39, 0.29) is 5.91 Å². The number of pyridine rings is 1. The molecule has 0 saturated carbocycles. The van der Waals surface area contributed by atoms with E-state index < -0.39 is 0 Å². The predicted molar refractivity (Wildman–Crippen MR) is 106 cm³/mol. The molecule has 0 spiro atoms. The van der Waals surface area contributed by atoms with Crippen LogP contribution >= 0.6 is 0 Å². The molecule has 27 heavy (non-hydrogen) atoms. The van der Waals surface area contributed by atoms with Crippen molar-refractivity contribution in [2.45, 2.75) is 26.8 Å². The number of carbonyl (C=O) groups excluding carboxylic acids is 1. The highest BCUT2D eigenvalue weighted by molar-refractivity contribution is 5.92. The van der Waals surface area contributed by atoms with Crippen molar-refractivity contribution in [3.8, 4) is 11.5 Å². The maximum atomic E-state index is 12.9. The van der Waals surface area contributed by atoms with Gasteiger partial charge in [0.25, 0.3) is 5.91 Å². The van der Waals surface area contributed by atoms with Gasteiger partial charge in [0, 0.05) is 26.2 Å². The van der Waals surface area contributed by atoms with E-state index in [0.717, 1.165) is 36.5 Å². The van der Waals surface area contributed by atoms with E-state index in [0.29, 0.717) is 24.5 Å². The summed E-state index contributed by atoms with van der Waals surface area (Å²) in [5, 5.41) is 0. The fourth-order valence-corrected chi connectivity index (χ4v) is 3.51. The van der Waals surface area contributed by atoms with E-state index in [1.165, 1.54) is 5.56 Å². The molecule has 1 aliphatic rings. The molecular weight excluding hydrogens is 342 g/mol. The number of hydrogen-bond donors (Lipinski definition) is 0. The van der Waals surface area contributed by atoms with Crippen LogP contribution in [-0.4, -0.2) is 49.6 Å². The van der Waals surface area contributed by atoms with Crippen LogP contribution in [0.5, 0.6) is 11.5 Å². The van der Waals surface area contributed by atoms with Crippen LogP contribution in [0.15, 0.2) is 30.5 Å². The van der Waals surface area contributed by atoms with Gasteiger partial charge in [-0.2, -0.15) is 0 Å².